The number of carbonyl (C=O) groups excluding carboxylic acids is 2. The fourth-order valence-electron chi connectivity index (χ4n) is 2.22. The monoisotopic (exact) mass is 280 g/mol. The van der Waals surface area contributed by atoms with Crippen LogP contribution in [0.15, 0.2) is 24.3 Å². The van der Waals surface area contributed by atoms with Crippen molar-refractivity contribution in [3.05, 3.63) is 34.9 Å². The van der Waals surface area contributed by atoms with Crippen LogP contribution >= 0.6 is 11.6 Å². The highest BCUT2D eigenvalue weighted by Crippen LogP contribution is 2.15. The van der Waals surface area contributed by atoms with E-state index in [9.17, 15) is 9.59 Å². The third-order valence-corrected chi connectivity index (χ3v) is 3.62. The van der Waals surface area contributed by atoms with Gasteiger partial charge in [-0.2, -0.15) is 0 Å². The third kappa shape index (κ3) is 3.55. The molecule has 1 aliphatic rings. The first kappa shape index (κ1) is 14.0. The second-order valence-electron chi connectivity index (χ2n) is 4.69. The highest BCUT2D eigenvalue weighted by atomic mass is 35.5. The van der Waals surface area contributed by atoms with E-state index in [1.165, 1.54) is 0 Å². The predicted octanol–water partition coefficient (Wildman–Crippen LogP) is 1.73. The average Bonchev–Trinajstić information content (AvgIpc) is 2.62. The van der Waals surface area contributed by atoms with E-state index < -0.39 is 0 Å². The molecule has 5 heteroatoms. The smallest absolute Gasteiger partial charge is 0.221 e. The van der Waals surface area contributed by atoms with E-state index in [2.05, 4.69) is 5.32 Å². The zero-order valence-corrected chi connectivity index (χ0v) is 11.6. The van der Waals surface area contributed by atoms with Gasteiger partial charge < -0.3 is 5.32 Å². The molecule has 1 heterocycles. The number of hydrogen-bond acceptors (Lipinski definition) is 3. The van der Waals surface area contributed by atoms with Crippen LogP contribution < -0.4 is 5.32 Å². The van der Waals surface area contributed by atoms with Crippen LogP contribution in [0.2, 0.25) is 5.02 Å². The summed E-state index contributed by atoms with van der Waals surface area (Å²) >= 11 is 5.90. The maximum Gasteiger partial charge on any atom is 0.221 e. The Morgan fingerprint density at radius 3 is 2.95 bits per heavy atom. The molecule has 0 radical (unpaired) electrons. The predicted molar refractivity (Wildman–Crippen MR) is 74.4 cm³/mol. The molecule has 1 unspecified atom stereocenters. The van der Waals surface area contributed by atoms with E-state index in [0.29, 0.717) is 36.6 Å². The number of rotatable bonds is 3. The van der Waals surface area contributed by atoms with Crippen LogP contribution in [-0.2, 0) is 4.79 Å². The third-order valence-electron chi connectivity index (χ3n) is 3.38. The van der Waals surface area contributed by atoms with Crippen LogP contribution in [0.1, 0.15) is 23.7 Å². The molecule has 1 fully saturated rings. The minimum Gasteiger partial charge on any atom is -0.355 e. The van der Waals surface area contributed by atoms with Crippen molar-refractivity contribution in [2.24, 2.45) is 0 Å². The molecule has 1 saturated heterocycles. The molecule has 0 aromatic heterocycles. The number of ketones is 1. The first-order valence-corrected chi connectivity index (χ1v) is 6.76. The van der Waals surface area contributed by atoms with Gasteiger partial charge in [0.25, 0.3) is 0 Å². The Labute approximate surface area is 117 Å². The summed E-state index contributed by atoms with van der Waals surface area (Å²) in [5.74, 6) is 0.0850. The molecule has 1 N–H and O–H groups in total. The summed E-state index contributed by atoms with van der Waals surface area (Å²) < 4.78 is 0. The van der Waals surface area contributed by atoms with E-state index in [1.54, 1.807) is 24.3 Å². The first-order chi connectivity index (χ1) is 9.08. The second-order valence-corrected chi connectivity index (χ2v) is 5.12. The van der Waals surface area contributed by atoms with Gasteiger partial charge in [0.1, 0.15) is 0 Å². The fraction of sp³-hybridized carbons (Fsp3) is 0.429. The van der Waals surface area contributed by atoms with E-state index in [-0.39, 0.29) is 17.7 Å². The Hall–Kier alpha value is -1.39. The van der Waals surface area contributed by atoms with Crippen molar-refractivity contribution in [1.82, 2.24) is 10.2 Å². The zero-order valence-electron chi connectivity index (χ0n) is 10.9. The Bertz CT molecular complexity index is 490. The molecule has 1 aromatic carbocycles. The van der Waals surface area contributed by atoms with Crippen molar-refractivity contribution in [2.45, 2.75) is 19.4 Å². The lowest BCUT2D eigenvalue weighted by molar-refractivity contribution is -0.120. The number of hydrogen-bond donors (Lipinski definition) is 1. The SMILES string of the molecule is CC(C(=O)c1cccc(Cl)c1)N1CCNC(=O)CC1. The van der Waals surface area contributed by atoms with Gasteiger partial charge in [-0.3, -0.25) is 14.5 Å². The summed E-state index contributed by atoms with van der Waals surface area (Å²) in [6, 6.07) is 6.73. The van der Waals surface area contributed by atoms with Crippen molar-refractivity contribution in [2.75, 3.05) is 19.6 Å². The number of carbonyl (C=O) groups is 2. The molecule has 0 aliphatic carbocycles. The lowest BCUT2D eigenvalue weighted by Crippen LogP contribution is -2.41. The Morgan fingerprint density at radius 1 is 1.42 bits per heavy atom. The van der Waals surface area contributed by atoms with Gasteiger partial charge in [0.15, 0.2) is 5.78 Å². The van der Waals surface area contributed by atoms with Crippen LogP contribution in [0.3, 0.4) is 0 Å². The van der Waals surface area contributed by atoms with Gasteiger partial charge in [-0.25, -0.2) is 0 Å². The van der Waals surface area contributed by atoms with Gasteiger partial charge in [-0.1, -0.05) is 23.7 Å². The van der Waals surface area contributed by atoms with Gasteiger partial charge in [0.05, 0.1) is 6.04 Å². The lowest BCUT2D eigenvalue weighted by Gasteiger charge is -2.25. The van der Waals surface area contributed by atoms with E-state index in [1.807, 2.05) is 11.8 Å². The largest absolute Gasteiger partial charge is 0.355 e. The summed E-state index contributed by atoms with van der Waals surface area (Å²) in [5.41, 5.74) is 0.614. The van der Waals surface area contributed by atoms with Crippen molar-refractivity contribution in [1.29, 1.82) is 0 Å². The summed E-state index contributed by atoms with van der Waals surface area (Å²) in [6.45, 7) is 3.77. The molecule has 4 nitrogen and oxygen atoms in total. The highest BCUT2D eigenvalue weighted by molar-refractivity contribution is 6.31. The van der Waals surface area contributed by atoms with Gasteiger partial charge in [-0.05, 0) is 19.1 Å². The fourth-order valence-corrected chi connectivity index (χ4v) is 2.41. The maximum absolute atomic E-state index is 12.4. The summed E-state index contributed by atoms with van der Waals surface area (Å²) in [4.78, 5) is 25.7. The maximum atomic E-state index is 12.4. The summed E-state index contributed by atoms with van der Waals surface area (Å²) in [6.07, 6.45) is 0.438. The van der Waals surface area contributed by atoms with E-state index in [4.69, 9.17) is 11.6 Å². The van der Waals surface area contributed by atoms with Crippen LogP contribution in [0.4, 0.5) is 0 Å². The minimum atomic E-state index is -0.244. The van der Waals surface area contributed by atoms with Crippen LogP contribution in [0, 0.1) is 0 Å². The second kappa shape index (κ2) is 6.17. The van der Waals surface area contributed by atoms with Crippen LogP contribution in [0.5, 0.6) is 0 Å². The molecule has 0 saturated carbocycles. The van der Waals surface area contributed by atoms with Crippen molar-refractivity contribution in [3.8, 4) is 0 Å². The Balaban J connectivity index is 2.08. The molecule has 1 amide bonds. The molecule has 1 atom stereocenters. The molecule has 102 valence electrons. The lowest BCUT2D eigenvalue weighted by atomic mass is 10.0. The molecular weight excluding hydrogens is 264 g/mol. The molecule has 1 aromatic rings. The average molecular weight is 281 g/mol. The van der Waals surface area contributed by atoms with Gasteiger partial charge in [-0.15, -0.1) is 0 Å². The molecule has 0 bridgehead atoms. The standard InChI is InChI=1S/C14H17ClN2O2/c1-10(17-7-5-13(18)16-6-8-17)14(19)11-3-2-4-12(15)9-11/h2-4,9-10H,5-8H2,1H3,(H,16,18). The number of nitrogens with zero attached hydrogens (tertiary/aromatic N) is 1. The van der Waals surface area contributed by atoms with E-state index in [0.717, 1.165) is 0 Å². The van der Waals surface area contributed by atoms with Crippen molar-refractivity contribution in [3.63, 3.8) is 0 Å². The van der Waals surface area contributed by atoms with Gasteiger partial charge in [0.2, 0.25) is 5.91 Å². The normalized spacial score (nSPS) is 18.5. The van der Waals surface area contributed by atoms with E-state index >= 15 is 0 Å². The Kier molecular flexibility index (Phi) is 4.56. The number of nitrogens with one attached hydrogen (secondary N) is 1. The number of benzene rings is 1. The van der Waals surface area contributed by atoms with Gasteiger partial charge in [0, 0.05) is 36.6 Å². The van der Waals surface area contributed by atoms with Crippen LogP contribution in [0.25, 0.3) is 0 Å². The summed E-state index contributed by atoms with van der Waals surface area (Å²) in [5, 5.41) is 3.37. The zero-order chi connectivity index (χ0) is 13.8. The molecule has 19 heavy (non-hydrogen) atoms. The van der Waals surface area contributed by atoms with Crippen LogP contribution in [-0.4, -0.2) is 42.3 Å². The molecular formula is C14H17ClN2O2. The van der Waals surface area contributed by atoms with Gasteiger partial charge >= 0.3 is 0 Å². The number of amides is 1. The topological polar surface area (TPSA) is 49.4 Å². The number of Topliss-reactive ketones (excluding diaryl/α,β-unsaturated/α-hetero) is 1. The quantitative estimate of drug-likeness (QED) is 0.858. The molecule has 0 spiro atoms. The molecule has 1 aliphatic heterocycles. The highest BCUT2D eigenvalue weighted by Gasteiger charge is 2.24. The number of halogens is 1. The summed E-state index contributed by atoms with van der Waals surface area (Å²) in [7, 11) is 0. The van der Waals surface area contributed by atoms with Crippen molar-refractivity contribution < 1.29 is 9.59 Å². The van der Waals surface area contributed by atoms with Crippen molar-refractivity contribution >= 4 is 23.3 Å². The minimum absolute atomic E-state index is 0.0387. The Morgan fingerprint density at radius 2 is 2.21 bits per heavy atom. The molecule has 2 rings (SSSR count). The first-order valence-electron chi connectivity index (χ1n) is 6.38.